The number of nitrogens with one attached hydrogen (secondary N) is 2. The molecule has 4 aliphatic rings. The third-order valence-corrected chi connectivity index (χ3v) is 7.12. The predicted molar refractivity (Wildman–Crippen MR) is 101 cm³/mol. The number of hydrogen-bond donors (Lipinski definition) is 3. The standard InChI is InChI=1S/C20H28N2O2S/c1-25-17-4-2-16(3-5-17)18(23)12-21-19(24)22-20-9-13-6-14(10-20)8-15(7-13)11-20/h2-5,13-15,18,23H,6-12H2,1H3,(H2,21,22,24)/t13?,14?,15?,18-,20?/m1/s1. The topological polar surface area (TPSA) is 61.4 Å². The van der Waals surface area contributed by atoms with E-state index in [4.69, 9.17) is 0 Å². The summed E-state index contributed by atoms with van der Waals surface area (Å²) in [4.78, 5) is 13.6. The summed E-state index contributed by atoms with van der Waals surface area (Å²) in [5, 5.41) is 16.5. The molecule has 4 bridgehead atoms. The number of carbonyl (C=O) groups is 1. The van der Waals surface area contributed by atoms with Crippen molar-refractivity contribution in [3.05, 3.63) is 29.8 Å². The fourth-order valence-corrected chi connectivity index (χ4v) is 6.09. The van der Waals surface area contributed by atoms with E-state index in [1.165, 1.54) is 24.2 Å². The van der Waals surface area contributed by atoms with Crippen LogP contribution in [0.3, 0.4) is 0 Å². The first-order valence-corrected chi connectivity index (χ1v) is 10.7. The smallest absolute Gasteiger partial charge is 0.315 e. The van der Waals surface area contributed by atoms with Crippen LogP contribution >= 0.6 is 11.8 Å². The van der Waals surface area contributed by atoms with Gasteiger partial charge in [-0.3, -0.25) is 0 Å². The van der Waals surface area contributed by atoms with Crippen LogP contribution in [0, 0.1) is 17.8 Å². The van der Waals surface area contributed by atoms with E-state index in [0.717, 1.165) is 42.6 Å². The van der Waals surface area contributed by atoms with Gasteiger partial charge in [-0.05, 0) is 80.2 Å². The van der Waals surface area contributed by atoms with Crippen LogP contribution in [-0.2, 0) is 0 Å². The van der Waals surface area contributed by atoms with Crippen LogP contribution in [0.25, 0.3) is 0 Å². The molecule has 1 aromatic carbocycles. The lowest BCUT2D eigenvalue weighted by Crippen LogP contribution is -2.61. The van der Waals surface area contributed by atoms with E-state index < -0.39 is 6.10 Å². The van der Waals surface area contributed by atoms with Crippen LogP contribution < -0.4 is 10.6 Å². The number of urea groups is 1. The van der Waals surface area contributed by atoms with Gasteiger partial charge in [-0.25, -0.2) is 4.79 Å². The highest BCUT2D eigenvalue weighted by atomic mass is 32.2. The number of aliphatic hydroxyl groups excluding tert-OH is 1. The molecule has 0 spiro atoms. The number of hydrogen-bond acceptors (Lipinski definition) is 3. The SMILES string of the molecule is CSc1ccc([C@H](O)CNC(=O)NC23CC4CC(CC(C4)C2)C3)cc1. The lowest BCUT2D eigenvalue weighted by atomic mass is 9.53. The van der Waals surface area contributed by atoms with Crippen LogP contribution in [-0.4, -0.2) is 29.5 Å². The van der Waals surface area contributed by atoms with E-state index in [1.807, 2.05) is 30.5 Å². The quantitative estimate of drug-likeness (QED) is 0.702. The maximum atomic E-state index is 12.4. The van der Waals surface area contributed by atoms with Crippen LogP contribution in [0.2, 0.25) is 0 Å². The first-order valence-electron chi connectivity index (χ1n) is 9.43. The minimum absolute atomic E-state index is 0.0176. The zero-order valence-electron chi connectivity index (χ0n) is 14.8. The van der Waals surface area contributed by atoms with Crippen LogP contribution in [0.5, 0.6) is 0 Å². The first kappa shape index (κ1) is 17.2. The molecule has 1 atom stereocenters. The third-order valence-electron chi connectivity index (χ3n) is 6.37. The predicted octanol–water partition coefficient (Wildman–Crippen LogP) is 3.71. The summed E-state index contributed by atoms with van der Waals surface area (Å²) < 4.78 is 0. The molecular formula is C20H28N2O2S. The van der Waals surface area contributed by atoms with Gasteiger partial charge in [-0.1, -0.05) is 12.1 Å². The van der Waals surface area contributed by atoms with Gasteiger partial charge < -0.3 is 15.7 Å². The maximum absolute atomic E-state index is 12.4. The number of amides is 2. The average molecular weight is 361 g/mol. The number of rotatable bonds is 5. The van der Waals surface area contributed by atoms with Crippen LogP contribution in [0.1, 0.15) is 50.2 Å². The molecule has 0 aromatic heterocycles. The summed E-state index contributed by atoms with van der Waals surface area (Å²) in [5.41, 5.74) is 0.858. The Morgan fingerprint density at radius 2 is 1.72 bits per heavy atom. The monoisotopic (exact) mass is 360 g/mol. The van der Waals surface area contributed by atoms with Crippen molar-refractivity contribution in [3.63, 3.8) is 0 Å². The van der Waals surface area contributed by atoms with Gasteiger partial charge >= 0.3 is 6.03 Å². The van der Waals surface area contributed by atoms with Gasteiger partial charge in [0.15, 0.2) is 0 Å². The van der Waals surface area contributed by atoms with Crippen molar-refractivity contribution >= 4 is 17.8 Å². The number of benzene rings is 1. The normalized spacial score (nSPS) is 33.9. The molecule has 4 nitrogen and oxygen atoms in total. The van der Waals surface area contributed by atoms with Gasteiger partial charge in [0.05, 0.1) is 6.10 Å². The molecular weight excluding hydrogens is 332 g/mol. The Bertz CT molecular complexity index is 596. The van der Waals surface area contributed by atoms with Gasteiger partial charge in [0, 0.05) is 17.0 Å². The van der Waals surface area contributed by atoms with E-state index in [-0.39, 0.29) is 18.1 Å². The van der Waals surface area contributed by atoms with Gasteiger partial charge in [0.2, 0.25) is 0 Å². The average Bonchev–Trinajstić information content (AvgIpc) is 2.58. The molecule has 1 aromatic rings. The molecule has 0 saturated heterocycles. The zero-order chi connectivity index (χ0) is 17.4. The Hall–Kier alpha value is -1.20. The molecule has 0 unspecified atom stereocenters. The summed E-state index contributed by atoms with van der Waals surface area (Å²) in [6.45, 7) is 0.247. The summed E-state index contributed by atoms with van der Waals surface area (Å²) in [5.74, 6) is 2.44. The second-order valence-corrected chi connectivity index (χ2v) is 9.20. The molecule has 2 amide bonds. The molecule has 0 heterocycles. The van der Waals surface area contributed by atoms with Crippen molar-refractivity contribution in [2.24, 2.45) is 17.8 Å². The third kappa shape index (κ3) is 3.68. The van der Waals surface area contributed by atoms with E-state index in [2.05, 4.69) is 10.6 Å². The van der Waals surface area contributed by atoms with Crippen molar-refractivity contribution in [2.45, 2.75) is 55.1 Å². The highest BCUT2D eigenvalue weighted by Crippen LogP contribution is 2.55. The molecule has 136 valence electrons. The van der Waals surface area contributed by atoms with Gasteiger partial charge in [0.25, 0.3) is 0 Å². The minimum atomic E-state index is -0.669. The Kier molecular flexibility index (Phi) is 4.71. The molecule has 5 rings (SSSR count). The van der Waals surface area contributed by atoms with Gasteiger partial charge in [0.1, 0.15) is 0 Å². The highest BCUT2D eigenvalue weighted by molar-refractivity contribution is 7.98. The lowest BCUT2D eigenvalue weighted by molar-refractivity contribution is -0.0136. The molecule has 4 aliphatic carbocycles. The Balaban J connectivity index is 1.30. The summed E-state index contributed by atoms with van der Waals surface area (Å²) in [6.07, 6.45) is 8.90. The van der Waals surface area contributed by atoms with Crippen molar-refractivity contribution in [2.75, 3.05) is 12.8 Å². The van der Waals surface area contributed by atoms with E-state index >= 15 is 0 Å². The molecule has 0 radical (unpaired) electrons. The Morgan fingerprint density at radius 3 is 2.24 bits per heavy atom. The van der Waals surface area contributed by atoms with Gasteiger partial charge in [-0.15, -0.1) is 11.8 Å². The first-order chi connectivity index (χ1) is 12.0. The summed E-state index contributed by atoms with van der Waals surface area (Å²) >= 11 is 1.68. The minimum Gasteiger partial charge on any atom is -0.387 e. The van der Waals surface area contributed by atoms with Crippen molar-refractivity contribution in [1.29, 1.82) is 0 Å². The van der Waals surface area contributed by atoms with Crippen LogP contribution in [0.4, 0.5) is 4.79 Å². The molecule has 25 heavy (non-hydrogen) atoms. The molecule has 0 aliphatic heterocycles. The highest BCUT2D eigenvalue weighted by Gasteiger charge is 2.51. The Labute approximate surface area is 154 Å². The van der Waals surface area contributed by atoms with E-state index in [1.54, 1.807) is 11.8 Å². The lowest BCUT2D eigenvalue weighted by Gasteiger charge is -2.56. The van der Waals surface area contributed by atoms with Crippen LogP contribution in [0.15, 0.2) is 29.2 Å². The maximum Gasteiger partial charge on any atom is 0.315 e. The molecule has 4 fully saturated rings. The second-order valence-electron chi connectivity index (χ2n) is 8.32. The fourth-order valence-electron chi connectivity index (χ4n) is 5.68. The summed E-state index contributed by atoms with van der Waals surface area (Å²) in [6, 6.07) is 7.73. The summed E-state index contributed by atoms with van der Waals surface area (Å²) in [7, 11) is 0. The van der Waals surface area contributed by atoms with Crippen molar-refractivity contribution in [1.82, 2.24) is 10.6 Å². The van der Waals surface area contributed by atoms with Crippen molar-refractivity contribution < 1.29 is 9.90 Å². The fraction of sp³-hybridized carbons (Fsp3) is 0.650. The largest absolute Gasteiger partial charge is 0.387 e. The molecule has 4 saturated carbocycles. The van der Waals surface area contributed by atoms with Crippen molar-refractivity contribution in [3.8, 4) is 0 Å². The number of thioether (sulfide) groups is 1. The molecule has 5 heteroatoms. The Morgan fingerprint density at radius 1 is 1.16 bits per heavy atom. The molecule has 3 N–H and O–H groups in total. The van der Waals surface area contributed by atoms with E-state index in [9.17, 15) is 9.90 Å². The number of aliphatic hydroxyl groups is 1. The second kappa shape index (κ2) is 6.84. The number of carbonyl (C=O) groups excluding carboxylic acids is 1. The van der Waals surface area contributed by atoms with E-state index in [0.29, 0.717) is 0 Å². The zero-order valence-corrected chi connectivity index (χ0v) is 15.6. The van der Waals surface area contributed by atoms with Gasteiger partial charge in [-0.2, -0.15) is 0 Å².